The molecule has 7 heteroatoms. The topological polar surface area (TPSA) is 67.9 Å². The summed E-state index contributed by atoms with van der Waals surface area (Å²) in [6.07, 6.45) is 1.41. The Morgan fingerprint density at radius 1 is 0.917 bits per heavy atom. The number of benzene rings is 3. The fraction of sp³-hybridized carbons (Fsp3) is 0.310. The molecule has 1 saturated heterocycles. The van der Waals surface area contributed by atoms with E-state index in [9.17, 15) is 14.0 Å². The van der Waals surface area contributed by atoms with E-state index in [1.165, 1.54) is 12.1 Å². The molecule has 188 valence electrons. The van der Waals surface area contributed by atoms with Crippen molar-refractivity contribution in [2.45, 2.75) is 31.3 Å². The number of piperidine rings is 1. The molecule has 0 bridgehead atoms. The molecule has 0 unspecified atom stereocenters. The molecule has 1 heterocycles. The first kappa shape index (κ1) is 25.2. The highest BCUT2D eigenvalue weighted by molar-refractivity contribution is 5.79. The number of rotatable bonds is 8. The van der Waals surface area contributed by atoms with Crippen molar-refractivity contribution in [1.82, 2.24) is 10.2 Å². The summed E-state index contributed by atoms with van der Waals surface area (Å²) in [6.45, 7) is 1.38. The number of likely N-dealkylation sites (tertiary alicyclic amines) is 1. The Kier molecular flexibility index (Phi) is 8.21. The fourth-order valence-electron chi connectivity index (χ4n) is 4.51. The standard InChI is InChI=1S/C29H31FN2O4/c1-35-26-13-9-22(10-14-26)15-18-31-28(34)36-29(24-5-3-2-4-6-24)16-19-32(20-17-29)27(33)21-23-7-11-25(30)12-8-23/h2-14H,15-21H2,1H3,(H,31,34). The summed E-state index contributed by atoms with van der Waals surface area (Å²) in [6, 6.07) is 23.4. The number of amides is 2. The van der Waals surface area contributed by atoms with Crippen LogP contribution in [0, 0.1) is 5.82 Å². The molecule has 1 fully saturated rings. The van der Waals surface area contributed by atoms with Crippen molar-refractivity contribution in [2.75, 3.05) is 26.7 Å². The lowest BCUT2D eigenvalue weighted by Gasteiger charge is -2.41. The van der Waals surface area contributed by atoms with Gasteiger partial charge in [-0.15, -0.1) is 0 Å². The van der Waals surface area contributed by atoms with Gasteiger partial charge in [-0.05, 0) is 47.4 Å². The van der Waals surface area contributed by atoms with Gasteiger partial charge >= 0.3 is 6.09 Å². The highest BCUT2D eigenvalue weighted by Gasteiger charge is 2.41. The molecule has 0 spiro atoms. The van der Waals surface area contributed by atoms with Gasteiger partial charge in [0.15, 0.2) is 0 Å². The highest BCUT2D eigenvalue weighted by atomic mass is 19.1. The van der Waals surface area contributed by atoms with Gasteiger partial charge in [0.05, 0.1) is 13.5 Å². The van der Waals surface area contributed by atoms with E-state index in [-0.39, 0.29) is 18.1 Å². The van der Waals surface area contributed by atoms with Gasteiger partial charge in [0.1, 0.15) is 17.2 Å². The first-order valence-corrected chi connectivity index (χ1v) is 12.1. The van der Waals surface area contributed by atoms with Crippen molar-refractivity contribution in [2.24, 2.45) is 0 Å². The van der Waals surface area contributed by atoms with Crippen molar-refractivity contribution in [3.05, 3.63) is 101 Å². The number of carbonyl (C=O) groups is 2. The molecule has 3 aromatic carbocycles. The van der Waals surface area contributed by atoms with E-state index < -0.39 is 11.7 Å². The zero-order valence-electron chi connectivity index (χ0n) is 20.4. The Hall–Kier alpha value is -3.87. The van der Waals surface area contributed by atoms with Crippen LogP contribution in [0.4, 0.5) is 9.18 Å². The van der Waals surface area contributed by atoms with Crippen molar-refractivity contribution < 1.29 is 23.5 Å². The SMILES string of the molecule is COc1ccc(CCNC(=O)OC2(c3ccccc3)CCN(C(=O)Cc3ccc(F)cc3)CC2)cc1. The van der Waals surface area contributed by atoms with Gasteiger partial charge in [-0.2, -0.15) is 0 Å². The van der Waals surface area contributed by atoms with Gasteiger partial charge in [0.25, 0.3) is 0 Å². The van der Waals surface area contributed by atoms with Crippen LogP contribution in [0.3, 0.4) is 0 Å². The van der Waals surface area contributed by atoms with E-state index in [1.807, 2.05) is 54.6 Å². The van der Waals surface area contributed by atoms with E-state index in [4.69, 9.17) is 9.47 Å². The predicted octanol–water partition coefficient (Wildman–Crippen LogP) is 4.86. The van der Waals surface area contributed by atoms with Crippen LogP contribution in [-0.2, 0) is 28.0 Å². The number of methoxy groups -OCH3 is 1. The zero-order chi connectivity index (χ0) is 25.4. The molecule has 1 N–H and O–H groups in total. The largest absolute Gasteiger partial charge is 0.497 e. The van der Waals surface area contributed by atoms with Crippen LogP contribution in [0.25, 0.3) is 0 Å². The lowest BCUT2D eigenvalue weighted by molar-refractivity contribution is -0.135. The second kappa shape index (κ2) is 11.7. The Balaban J connectivity index is 1.35. The number of carbonyl (C=O) groups excluding carboxylic acids is 2. The van der Waals surface area contributed by atoms with Crippen molar-refractivity contribution in [3.63, 3.8) is 0 Å². The first-order chi connectivity index (χ1) is 17.5. The minimum absolute atomic E-state index is 0.0211. The number of nitrogens with zero attached hydrogens (tertiary/aromatic N) is 1. The van der Waals surface area contributed by atoms with Crippen LogP contribution in [0.2, 0.25) is 0 Å². The number of halogens is 1. The van der Waals surface area contributed by atoms with Crippen molar-refractivity contribution >= 4 is 12.0 Å². The number of alkyl carbamates (subject to hydrolysis) is 1. The quantitative estimate of drug-likeness (QED) is 0.490. The number of hydrogen-bond donors (Lipinski definition) is 1. The first-order valence-electron chi connectivity index (χ1n) is 12.1. The number of nitrogens with one attached hydrogen (secondary N) is 1. The van der Waals surface area contributed by atoms with E-state index >= 15 is 0 Å². The Labute approximate surface area is 211 Å². The summed E-state index contributed by atoms with van der Waals surface area (Å²) in [5.41, 5.74) is 1.97. The minimum Gasteiger partial charge on any atom is -0.497 e. The number of hydrogen-bond acceptors (Lipinski definition) is 4. The van der Waals surface area contributed by atoms with Gasteiger partial charge in [-0.25, -0.2) is 9.18 Å². The lowest BCUT2D eigenvalue weighted by Crippen LogP contribution is -2.48. The maximum absolute atomic E-state index is 13.2. The monoisotopic (exact) mass is 490 g/mol. The van der Waals surface area contributed by atoms with Crippen LogP contribution >= 0.6 is 0 Å². The fourth-order valence-corrected chi connectivity index (χ4v) is 4.51. The molecule has 2 amide bonds. The summed E-state index contributed by atoms with van der Waals surface area (Å²) in [4.78, 5) is 27.4. The summed E-state index contributed by atoms with van der Waals surface area (Å²) in [5, 5.41) is 2.87. The van der Waals surface area contributed by atoms with Crippen molar-refractivity contribution in [3.8, 4) is 5.75 Å². The molecule has 36 heavy (non-hydrogen) atoms. The predicted molar refractivity (Wildman–Crippen MR) is 135 cm³/mol. The maximum Gasteiger partial charge on any atom is 0.408 e. The molecule has 0 aliphatic carbocycles. The molecule has 4 rings (SSSR count). The highest BCUT2D eigenvalue weighted by Crippen LogP contribution is 2.37. The third kappa shape index (κ3) is 6.42. The summed E-state index contributed by atoms with van der Waals surface area (Å²) in [5.74, 6) is 0.446. The maximum atomic E-state index is 13.2. The molecule has 0 saturated carbocycles. The van der Waals surface area contributed by atoms with Crippen molar-refractivity contribution in [1.29, 1.82) is 0 Å². The van der Waals surface area contributed by atoms with E-state index in [1.54, 1.807) is 24.1 Å². The summed E-state index contributed by atoms with van der Waals surface area (Å²) >= 11 is 0. The van der Waals surface area contributed by atoms with Gasteiger partial charge in [-0.3, -0.25) is 4.79 Å². The molecule has 0 radical (unpaired) electrons. The van der Waals surface area contributed by atoms with E-state index in [0.717, 1.165) is 22.4 Å². The second-order valence-electron chi connectivity index (χ2n) is 8.96. The Morgan fingerprint density at radius 3 is 2.19 bits per heavy atom. The van der Waals surface area contributed by atoms with Crippen LogP contribution in [0.5, 0.6) is 5.75 Å². The van der Waals surface area contributed by atoms with E-state index in [0.29, 0.717) is 38.9 Å². The van der Waals surface area contributed by atoms with Crippen LogP contribution in [-0.4, -0.2) is 43.6 Å². The van der Waals surface area contributed by atoms with Crippen LogP contribution in [0.15, 0.2) is 78.9 Å². The molecular formula is C29H31FN2O4. The average molecular weight is 491 g/mol. The molecule has 1 aliphatic rings. The molecule has 1 aliphatic heterocycles. The van der Waals surface area contributed by atoms with Gasteiger partial charge in [0, 0.05) is 32.5 Å². The second-order valence-corrected chi connectivity index (χ2v) is 8.96. The normalized spacial score (nSPS) is 14.7. The van der Waals surface area contributed by atoms with Crippen LogP contribution < -0.4 is 10.1 Å². The minimum atomic E-state index is -0.807. The molecular weight excluding hydrogens is 459 g/mol. The third-order valence-corrected chi connectivity index (χ3v) is 6.62. The Morgan fingerprint density at radius 2 is 1.56 bits per heavy atom. The molecule has 0 aromatic heterocycles. The van der Waals surface area contributed by atoms with Crippen LogP contribution in [0.1, 0.15) is 29.5 Å². The molecule has 0 atom stereocenters. The lowest BCUT2D eigenvalue weighted by atomic mass is 9.84. The Bertz CT molecular complexity index is 1140. The van der Waals surface area contributed by atoms with Gasteiger partial charge in [-0.1, -0.05) is 54.6 Å². The molecule has 6 nitrogen and oxygen atoms in total. The summed E-state index contributed by atoms with van der Waals surface area (Å²) < 4.78 is 24.4. The molecule has 3 aromatic rings. The van der Waals surface area contributed by atoms with E-state index in [2.05, 4.69) is 5.32 Å². The van der Waals surface area contributed by atoms with Gasteiger partial charge < -0.3 is 19.7 Å². The number of ether oxygens (including phenoxy) is 2. The average Bonchev–Trinajstić information content (AvgIpc) is 2.91. The third-order valence-electron chi connectivity index (χ3n) is 6.62. The smallest absolute Gasteiger partial charge is 0.408 e. The summed E-state index contributed by atoms with van der Waals surface area (Å²) in [7, 11) is 1.63. The van der Waals surface area contributed by atoms with Gasteiger partial charge in [0.2, 0.25) is 5.91 Å². The zero-order valence-corrected chi connectivity index (χ0v) is 20.4.